The van der Waals surface area contributed by atoms with Gasteiger partial charge in [0.2, 0.25) is 15.9 Å². The van der Waals surface area contributed by atoms with E-state index in [1.165, 1.54) is 9.18 Å². The van der Waals surface area contributed by atoms with Crippen LogP contribution in [0, 0.1) is 6.92 Å². The zero-order chi connectivity index (χ0) is 21.1. The van der Waals surface area contributed by atoms with Crippen LogP contribution in [0.25, 0.3) is 0 Å². The molecule has 0 saturated carbocycles. The monoisotopic (exact) mass is 449 g/mol. The van der Waals surface area contributed by atoms with Crippen molar-refractivity contribution >= 4 is 33.0 Å². The number of carbonyl (C=O) groups excluding carboxylic acids is 1. The first kappa shape index (κ1) is 21.5. The highest BCUT2D eigenvalue weighted by molar-refractivity contribution is 7.89. The third-order valence-corrected chi connectivity index (χ3v) is 8.66. The Morgan fingerprint density at radius 3 is 2.77 bits per heavy atom. The van der Waals surface area contributed by atoms with Gasteiger partial charge in [-0.05, 0) is 55.5 Å². The molecule has 2 aromatic rings. The molecule has 9 heteroatoms. The summed E-state index contributed by atoms with van der Waals surface area (Å²) in [7, 11) is -3.62. The van der Waals surface area contributed by atoms with Crippen molar-refractivity contribution in [3.8, 4) is 0 Å². The zero-order valence-corrected chi connectivity index (χ0v) is 18.7. The minimum absolute atomic E-state index is 0.128. The summed E-state index contributed by atoms with van der Waals surface area (Å²) in [5.74, 6) is -0.128. The van der Waals surface area contributed by atoms with Crippen molar-refractivity contribution < 1.29 is 17.9 Å². The van der Waals surface area contributed by atoms with Crippen molar-refractivity contribution in [3.63, 3.8) is 0 Å². The highest BCUT2D eigenvalue weighted by atomic mass is 32.2. The number of thiophene rings is 1. The second-order valence-electron chi connectivity index (χ2n) is 7.69. The van der Waals surface area contributed by atoms with Gasteiger partial charge in [-0.1, -0.05) is 12.1 Å². The number of hydrogen-bond acceptors (Lipinski definition) is 6. The normalized spacial score (nSPS) is 21.0. The number of amides is 1. The molecule has 2 aliphatic rings. The van der Waals surface area contributed by atoms with Crippen LogP contribution < -0.4 is 5.32 Å². The largest absolute Gasteiger partial charge is 0.379 e. The summed E-state index contributed by atoms with van der Waals surface area (Å²) in [6.45, 7) is 4.44. The topological polar surface area (TPSA) is 79.0 Å². The van der Waals surface area contributed by atoms with Crippen molar-refractivity contribution in [2.75, 3.05) is 44.7 Å². The summed E-state index contributed by atoms with van der Waals surface area (Å²) in [5.41, 5.74) is 1.17. The Bertz CT molecular complexity index is 986. The number of nitrogens with zero attached hydrogens (tertiary/aromatic N) is 2. The third-order valence-electron chi connectivity index (χ3n) is 5.64. The van der Waals surface area contributed by atoms with E-state index in [0.717, 1.165) is 19.4 Å². The SMILES string of the molecule is Cc1ccc(NC(=O)CN2CCCC2c2cccs2)cc1S(=O)(=O)N1CCOCC1. The maximum absolute atomic E-state index is 13.0. The van der Waals surface area contributed by atoms with Gasteiger partial charge in [0.15, 0.2) is 0 Å². The number of likely N-dealkylation sites (tertiary alicyclic amines) is 1. The molecule has 0 aliphatic carbocycles. The minimum Gasteiger partial charge on any atom is -0.379 e. The lowest BCUT2D eigenvalue weighted by Crippen LogP contribution is -2.40. The molecule has 4 rings (SSSR count). The number of rotatable bonds is 6. The molecule has 0 spiro atoms. The number of anilines is 1. The van der Waals surface area contributed by atoms with E-state index in [1.807, 2.05) is 6.07 Å². The summed E-state index contributed by atoms with van der Waals surface area (Å²) in [6.07, 6.45) is 2.13. The first-order chi connectivity index (χ1) is 14.4. The maximum atomic E-state index is 13.0. The molecule has 2 fully saturated rings. The summed E-state index contributed by atoms with van der Waals surface area (Å²) in [5, 5.41) is 4.96. The molecule has 1 aromatic heterocycles. The van der Waals surface area contributed by atoms with Gasteiger partial charge in [0.1, 0.15) is 0 Å². The van der Waals surface area contributed by atoms with Crippen molar-refractivity contribution in [1.82, 2.24) is 9.21 Å². The van der Waals surface area contributed by atoms with Gasteiger partial charge in [0.25, 0.3) is 0 Å². The molecular weight excluding hydrogens is 422 g/mol. The van der Waals surface area contributed by atoms with Crippen molar-refractivity contribution in [2.24, 2.45) is 0 Å². The van der Waals surface area contributed by atoms with Gasteiger partial charge in [-0.25, -0.2) is 8.42 Å². The first-order valence-electron chi connectivity index (χ1n) is 10.2. The predicted octanol–water partition coefficient (Wildman–Crippen LogP) is 2.85. The molecule has 7 nitrogen and oxygen atoms in total. The average molecular weight is 450 g/mol. The molecule has 1 amide bonds. The highest BCUT2D eigenvalue weighted by Gasteiger charge is 2.30. The van der Waals surface area contributed by atoms with E-state index in [1.54, 1.807) is 36.5 Å². The van der Waals surface area contributed by atoms with Gasteiger partial charge >= 0.3 is 0 Å². The van der Waals surface area contributed by atoms with E-state index in [4.69, 9.17) is 4.74 Å². The van der Waals surface area contributed by atoms with E-state index >= 15 is 0 Å². The summed E-state index contributed by atoms with van der Waals surface area (Å²) in [4.78, 5) is 16.4. The lowest BCUT2D eigenvalue weighted by Gasteiger charge is -2.27. The molecule has 1 atom stereocenters. The second kappa shape index (κ2) is 9.15. The number of ether oxygens (including phenoxy) is 1. The van der Waals surface area contributed by atoms with Crippen LogP contribution in [0.2, 0.25) is 0 Å². The Balaban J connectivity index is 1.46. The fraction of sp³-hybridized carbons (Fsp3) is 0.476. The van der Waals surface area contributed by atoms with E-state index in [0.29, 0.717) is 44.1 Å². The van der Waals surface area contributed by atoms with Gasteiger partial charge in [-0.3, -0.25) is 9.69 Å². The van der Waals surface area contributed by atoms with Gasteiger partial charge in [-0.15, -0.1) is 11.3 Å². The molecule has 162 valence electrons. The standard InChI is InChI=1S/C21H27N3O4S2/c1-16-6-7-17(14-20(16)30(26,27)24-9-11-28-12-10-24)22-21(25)15-23-8-2-4-18(23)19-5-3-13-29-19/h3,5-7,13-14,18H,2,4,8-12,15H2,1H3,(H,22,25). The number of nitrogens with one attached hydrogen (secondary N) is 1. The van der Waals surface area contributed by atoms with Crippen LogP contribution in [-0.2, 0) is 19.6 Å². The number of aryl methyl sites for hydroxylation is 1. The number of carbonyl (C=O) groups is 1. The van der Waals surface area contributed by atoms with Crippen molar-refractivity contribution in [2.45, 2.75) is 30.7 Å². The first-order valence-corrected chi connectivity index (χ1v) is 12.5. The average Bonchev–Trinajstić information content (AvgIpc) is 3.41. The predicted molar refractivity (Wildman–Crippen MR) is 117 cm³/mol. The molecule has 30 heavy (non-hydrogen) atoms. The Hall–Kier alpha value is -1.78. The summed E-state index contributed by atoms with van der Waals surface area (Å²) >= 11 is 1.72. The number of sulfonamides is 1. The van der Waals surface area contributed by atoms with Gasteiger partial charge in [0.05, 0.1) is 24.7 Å². The number of benzene rings is 1. The Kier molecular flexibility index (Phi) is 6.54. The quantitative estimate of drug-likeness (QED) is 0.734. The van der Waals surface area contributed by atoms with Crippen LogP contribution >= 0.6 is 11.3 Å². The number of morpholine rings is 1. The van der Waals surface area contributed by atoms with Gasteiger partial charge < -0.3 is 10.1 Å². The number of hydrogen-bond donors (Lipinski definition) is 1. The third kappa shape index (κ3) is 4.60. The zero-order valence-electron chi connectivity index (χ0n) is 17.0. The van der Waals surface area contributed by atoms with Crippen molar-refractivity contribution in [1.29, 1.82) is 0 Å². The Morgan fingerprint density at radius 2 is 2.03 bits per heavy atom. The summed E-state index contributed by atoms with van der Waals surface area (Å²) < 4.78 is 32.8. The van der Waals surface area contributed by atoms with Crippen LogP contribution in [0.5, 0.6) is 0 Å². The van der Waals surface area contributed by atoms with E-state index < -0.39 is 10.0 Å². The second-order valence-corrected chi connectivity index (χ2v) is 10.6. The lowest BCUT2D eigenvalue weighted by atomic mass is 10.2. The Labute approximate surface area is 181 Å². The molecule has 2 aliphatic heterocycles. The summed E-state index contributed by atoms with van der Waals surface area (Å²) in [6, 6.07) is 9.51. The van der Waals surface area contributed by atoms with E-state index in [2.05, 4.69) is 21.7 Å². The molecule has 0 radical (unpaired) electrons. The van der Waals surface area contributed by atoms with Crippen LogP contribution in [0.4, 0.5) is 5.69 Å². The minimum atomic E-state index is -3.62. The highest BCUT2D eigenvalue weighted by Crippen LogP contribution is 2.34. The molecule has 3 heterocycles. The lowest BCUT2D eigenvalue weighted by molar-refractivity contribution is -0.117. The molecule has 1 aromatic carbocycles. The molecule has 1 N–H and O–H groups in total. The van der Waals surface area contributed by atoms with Crippen molar-refractivity contribution in [3.05, 3.63) is 46.2 Å². The Morgan fingerprint density at radius 1 is 1.23 bits per heavy atom. The molecule has 0 bridgehead atoms. The molecule has 1 unspecified atom stereocenters. The van der Waals surface area contributed by atoms with Crippen LogP contribution in [-0.4, -0.2) is 62.9 Å². The van der Waals surface area contributed by atoms with Crippen LogP contribution in [0.15, 0.2) is 40.6 Å². The van der Waals surface area contributed by atoms with Crippen LogP contribution in [0.1, 0.15) is 29.3 Å². The molecule has 2 saturated heterocycles. The van der Waals surface area contributed by atoms with Gasteiger partial charge in [0, 0.05) is 29.7 Å². The smallest absolute Gasteiger partial charge is 0.243 e. The van der Waals surface area contributed by atoms with Crippen LogP contribution in [0.3, 0.4) is 0 Å². The molecular formula is C21H27N3O4S2. The fourth-order valence-corrected chi connectivity index (χ4v) is 6.64. The van der Waals surface area contributed by atoms with Gasteiger partial charge in [-0.2, -0.15) is 4.31 Å². The maximum Gasteiger partial charge on any atom is 0.243 e. The fourth-order valence-electron chi connectivity index (χ4n) is 4.09. The van der Waals surface area contributed by atoms with E-state index in [-0.39, 0.29) is 16.8 Å². The van der Waals surface area contributed by atoms with E-state index in [9.17, 15) is 13.2 Å².